The summed E-state index contributed by atoms with van der Waals surface area (Å²) in [5.41, 5.74) is 16.8. The Morgan fingerprint density at radius 1 is 0.538 bits per heavy atom. The Kier molecular flexibility index (Phi) is 26.8. The van der Waals surface area contributed by atoms with Crippen molar-refractivity contribution in [1.29, 1.82) is 0 Å². The van der Waals surface area contributed by atoms with E-state index < -0.39 is 151 Å². The molecule has 24 nitrogen and oxygen atoms in total. The van der Waals surface area contributed by atoms with E-state index in [1.807, 2.05) is 0 Å². The van der Waals surface area contributed by atoms with Crippen LogP contribution in [0.5, 0.6) is 0 Å². The van der Waals surface area contributed by atoms with Crippen LogP contribution in [0.4, 0.5) is 0 Å². The fraction of sp³-hybridized carbons (Fsp3) is 0.732. The fourth-order valence-electron chi connectivity index (χ4n) is 5.95. The van der Waals surface area contributed by atoms with Crippen molar-refractivity contribution in [3.63, 3.8) is 0 Å². The number of amides is 9. The molecule has 0 aliphatic rings. The summed E-state index contributed by atoms with van der Waals surface area (Å²) in [5.74, 6) is -12.5. The first kappa shape index (κ1) is 59.1. The van der Waals surface area contributed by atoms with Crippen LogP contribution in [-0.2, 0) is 52.7 Å². The van der Waals surface area contributed by atoms with Crippen LogP contribution < -0.4 is 59.7 Å². The molecule has 0 bridgehead atoms. The van der Waals surface area contributed by atoms with Gasteiger partial charge in [-0.3, -0.25) is 52.7 Å². The molecule has 0 aromatic carbocycles. The first-order chi connectivity index (χ1) is 30.2. The summed E-state index contributed by atoms with van der Waals surface area (Å²) in [7, 11) is 0. The van der Waals surface area contributed by atoms with Gasteiger partial charge in [-0.05, 0) is 62.8 Å². The minimum Gasteiger partial charge on any atom is -0.481 e. The maximum absolute atomic E-state index is 13.7. The van der Waals surface area contributed by atoms with Crippen LogP contribution in [0.25, 0.3) is 0 Å². The lowest BCUT2D eigenvalue weighted by Gasteiger charge is -2.29. The number of hydrogen-bond acceptors (Lipinski definition) is 13. The van der Waals surface area contributed by atoms with E-state index >= 15 is 0 Å². The Hall–Kier alpha value is -5.91. The summed E-state index contributed by atoms with van der Waals surface area (Å²) in [4.78, 5) is 141. The molecule has 0 saturated heterocycles. The second kappa shape index (κ2) is 29.5. The number of rotatable bonds is 31. The molecule has 0 fully saturated rings. The number of carboxylic acid groups (broad SMARTS) is 2. The zero-order valence-electron chi connectivity index (χ0n) is 38.9. The van der Waals surface area contributed by atoms with Crippen molar-refractivity contribution < 1.29 is 63.0 Å². The normalized spacial score (nSPS) is 15.4. The third-order valence-corrected chi connectivity index (χ3v) is 10.4. The molecule has 0 rings (SSSR count). The molecule has 0 saturated carbocycles. The lowest BCUT2D eigenvalue weighted by Crippen LogP contribution is -2.60. The molecule has 0 heterocycles. The molecule has 0 aromatic heterocycles. The topological polar surface area (TPSA) is 403 Å². The summed E-state index contributed by atoms with van der Waals surface area (Å²) < 4.78 is 0. The second-order valence-electron chi connectivity index (χ2n) is 17.0. The molecule has 0 aromatic rings. The lowest BCUT2D eigenvalue weighted by molar-refractivity contribution is -0.142. The van der Waals surface area contributed by atoms with Crippen molar-refractivity contribution in [2.45, 2.75) is 156 Å². The van der Waals surface area contributed by atoms with E-state index in [2.05, 4.69) is 42.5 Å². The molecule has 0 spiro atoms. The highest BCUT2D eigenvalue weighted by atomic mass is 16.4. The quantitative estimate of drug-likeness (QED) is 0.0305. The lowest BCUT2D eigenvalue weighted by atomic mass is 9.96. The summed E-state index contributed by atoms with van der Waals surface area (Å²) in [6, 6.07) is -10.4. The van der Waals surface area contributed by atoms with Crippen molar-refractivity contribution in [1.82, 2.24) is 42.5 Å². The van der Waals surface area contributed by atoms with Crippen LogP contribution in [0.15, 0.2) is 0 Å². The zero-order valence-corrected chi connectivity index (χ0v) is 38.9. The van der Waals surface area contributed by atoms with Crippen molar-refractivity contribution in [2.24, 2.45) is 40.9 Å². The minimum atomic E-state index is -1.82. The van der Waals surface area contributed by atoms with Crippen molar-refractivity contribution >= 4 is 65.1 Å². The first-order valence-corrected chi connectivity index (χ1v) is 21.8. The van der Waals surface area contributed by atoms with Gasteiger partial charge in [0, 0.05) is 6.42 Å². The molecule has 0 radical (unpaired) electrons. The SMILES string of the molecule is CC[C@H](C)[C@H](NC(=O)CNC(=O)[C@H](CC(=O)O)NC(=O)[C@H](CCC(N)=O)NC(=O)[C@@H](NC(=O)[C@@H](N)C(C)C)C(C)C)C(=O)N[C@H](C(=O)N[C@@H](CCCCN)C(=O)N[C@@H](C)C(=O)O)C(C)C. The number of unbranched alkanes of at least 4 members (excludes halogenated alkanes) is 1. The van der Waals surface area contributed by atoms with E-state index in [0.717, 1.165) is 0 Å². The number of carbonyl (C=O) groups is 11. The van der Waals surface area contributed by atoms with Crippen LogP contribution in [0, 0.1) is 23.7 Å². The van der Waals surface area contributed by atoms with E-state index in [9.17, 15) is 63.0 Å². The highest BCUT2D eigenvalue weighted by molar-refractivity contribution is 5.98. The summed E-state index contributed by atoms with van der Waals surface area (Å²) in [5, 5.41) is 38.2. The first-order valence-electron chi connectivity index (χ1n) is 21.8. The third kappa shape index (κ3) is 22.0. The standard InChI is InChI=1S/C41H73N11O13/c1-10-22(8)33(40(63)52-32(21(6)7)39(62)47-24(13-11-12-16-42)35(58)46-23(9)41(64)65)50-28(54)18-45-34(57)26(17-29(55)56)49-36(59)25(14-15-27(43)53)48-38(61)31(20(4)5)51-37(60)30(44)19(2)3/h19-26,30-33H,10-18,42,44H2,1-9H3,(H2,43,53)(H,45,57)(H,46,58)(H,47,62)(H,48,61)(H,49,59)(H,50,54)(H,51,60)(H,52,63)(H,55,56)(H,64,65)/t22-,23-,24-,25-,26-,30-,31-,32-,33-/m0/s1. The number of primary amides is 1. The van der Waals surface area contributed by atoms with Crippen LogP contribution in [-0.4, -0.2) is 137 Å². The van der Waals surface area contributed by atoms with Gasteiger partial charge in [0.25, 0.3) is 0 Å². The van der Waals surface area contributed by atoms with E-state index in [-0.39, 0.29) is 18.8 Å². The number of nitrogens with one attached hydrogen (secondary N) is 8. The molecule has 9 atom stereocenters. The molecule has 0 aliphatic heterocycles. The van der Waals surface area contributed by atoms with Gasteiger partial charge in [0.1, 0.15) is 42.3 Å². The molecule has 65 heavy (non-hydrogen) atoms. The summed E-state index contributed by atoms with van der Waals surface area (Å²) >= 11 is 0. The van der Waals surface area contributed by atoms with Crippen LogP contribution >= 0.6 is 0 Å². The van der Waals surface area contributed by atoms with Gasteiger partial charge in [-0.1, -0.05) is 61.8 Å². The highest BCUT2D eigenvalue weighted by Gasteiger charge is 2.36. The highest BCUT2D eigenvalue weighted by Crippen LogP contribution is 2.12. The zero-order chi connectivity index (χ0) is 50.3. The van der Waals surface area contributed by atoms with Crippen molar-refractivity contribution in [3.8, 4) is 0 Å². The Labute approximate surface area is 379 Å². The molecule has 16 N–H and O–H groups in total. The Balaban J connectivity index is 6.14. The van der Waals surface area contributed by atoms with Gasteiger partial charge < -0.3 is 69.9 Å². The van der Waals surface area contributed by atoms with Gasteiger partial charge in [-0.2, -0.15) is 0 Å². The molecule has 24 heteroatoms. The number of aliphatic carboxylic acids is 2. The molecule has 0 aliphatic carbocycles. The second-order valence-corrected chi connectivity index (χ2v) is 17.0. The molecule has 370 valence electrons. The van der Waals surface area contributed by atoms with Crippen LogP contribution in [0.3, 0.4) is 0 Å². The van der Waals surface area contributed by atoms with Gasteiger partial charge in [-0.15, -0.1) is 0 Å². The van der Waals surface area contributed by atoms with Gasteiger partial charge in [0.05, 0.1) is 19.0 Å². The van der Waals surface area contributed by atoms with Gasteiger partial charge in [-0.25, -0.2) is 0 Å². The van der Waals surface area contributed by atoms with Crippen LogP contribution in [0.1, 0.15) is 107 Å². The largest absolute Gasteiger partial charge is 0.481 e. The predicted octanol–water partition coefficient (Wildman–Crippen LogP) is -3.19. The Bertz CT molecular complexity index is 1680. The predicted molar refractivity (Wildman–Crippen MR) is 235 cm³/mol. The minimum absolute atomic E-state index is 0.120. The molecular formula is C41H73N11O13. The average Bonchev–Trinajstić information content (AvgIpc) is 3.21. The van der Waals surface area contributed by atoms with Gasteiger partial charge in [0.2, 0.25) is 53.2 Å². The van der Waals surface area contributed by atoms with Gasteiger partial charge in [0.15, 0.2) is 0 Å². The maximum Gasteiger partial charge on any atom is 0.325 e. The number of hydrogen-bond donors (Lipinski definition) is 13. The molecular weight excluding hydrogens is 855 g/mol. The molecule has 9 amide bonds. The number of carboxylic acids is 2. The molecule has 0 unspecified atom stereocenters. The van der Waals surface area contributed by atoms with E-state index in [1.54, 1.807) is 55.4 Å². The fourth-order valence-corrected chi connectivity index (χ4v) is 5.95. The maximum atomic E-state index is 13.7. The third-order valence-electron chi connectivity index (χ3n) is 10.4. The van der Waals surface area contributed by atoms with Crippen molar-refractivity contribution in [2.75, 3.05) is 13.1 Å². The van der Waals surface area contributed by atoms with E-state index in [1.165, 1.54) is 6.92 Å². The smallest absolute Gasteiger partial charge is 0.325 e. The van der Waals surface area contributed by atoms with Gasteiger partial charge >= 0.3 is 11.9 Å². The Morgan fingerprint density at radius 3 is 1.46 bits per heavy atom. The Morgan fingerprint density at radius 2 is 1.02 bits per heavy atom. The van der Waals surface area contributed by atoms with Crippen molar-refractivity contribution in [3.05, 3.63) is 0 Å². The monoisotopic (exact) mass is 928 g/mol. The van der Waals surface area contributed by atoms with Crippen LogP contribution in [0.2, 0.25) is 0 Å². The van der Waals surface area contributed by atoms with E-state index in [0.29, 0.717) is 25.8 Å². The van der Waals surface area contributed by atoms with E-state index in [4.69, 9.17) is 17.2 Å². The number of carbonyl (C=O) groups excluding carboxylic acids is 9. The average molecular weight is 928 g/mol. The number of nitrogens with two attached hydrogens (primary N) is 3. The summed E-state index contributed by atoms with van der Waals surface area (Å²) in [6.07, 6.45) is -0.379. The summed E-state index contributed by atoms with van der Waals surface area (Å²) in [6.45, 7) is 14.0.